The molecule has 0 aliphatic heterocycles. The summed E-state index contributed by atoms with van der Waals surface area (Å²) in [5.41, 5.74) is 6.91. The van der Waals surface area contributed by atoms with Crippen LogP contribution in [0.4, 0.5) is 0 Å². The summed E-state index contributed by atoms with van der Waals surface area (Å²) in [4.78, 5) is 16.0. The zero-order valence-corrected chi connectivity index (χ0v) is 14.5. The van der Waals surface area contributed by atoms with Crippen molar-refractivity contribution in [1.82, 2.24) is 15.5 Å². The average Bonchev–Trinajstić information content (AvgIpc) is 3.17. The Labute approximate surface area is 147 Å². The highest BCUT2D eigenvalue weighted by molar-refractivity contribution is 5.85. The highest BCUT2D eigenvalue weighted by Gasteiger charge is 2.36. The van der Waals surface area contributed by atoms with E-state index in [0.29, 0.717) is 18.1 Å². The number of carbonyl (C=O) groups excluding carboxylic acids is 1. The van der Waals surface area contributed by atoms with Crippen LogP contribution in [-0.2, 0) is 16.8 Å². The first-order valence-electron chi connectivity index (χ1n) is 8.01. The number of nitrogens with one attached hydrogen (secondary N) is 1. The lowest BCUT2D eigenvalue weighted by Gasteiger charge is -2.18. The van der Waals surface area contributed by atoms with Gasteiger partial charge in [0.1, 0.15) is 0 Å². The number of nitrogens with zero attached hydrogens (tertiary/aromatic N) is 2. The molecule has 1 fully saturated rings. The Hall–Kier alpha value is -1.92. The number of hydrogen-bond acceptors (Lipinski definition) is 5. The number of halogens is 1. The molecule has 130 valence electrons. The molecule has 1 atom stereocenters. The number of rotatable bonds is 5. The first kappa shape index (κ1) is 18.4. The maximum absolute atomic E-state index is 11.5. The topological polar surface area (TPSA) is 94.0 Å². The van der Waals surface area contributed by atoms with Crippen LogP contribution in [0.2, 0.25) is 0 Å². The van der Waals surface area contributed by atoms with Crippen molar-refractivity contribution in [3.63, 3.8) is 0 Å². The van der Waals surface area contributed by atoms with Crippen LogP contribution in [0.1, 0.15) is 55.9 Å². The summed E-state index contributed by atoms with van der Waals surface area (Å²) in [6.07, 6.45) is 4.42. The standard InChI is InChI=1S/C17H22N4O2.ClH/c1-12(22)19-14(13-7-3-2-4-8-13)11-15-20-16(21-23-15)17(18)9-5-6-10-17;/h2-4,7-8,14H,5-6,9-11,18H2,1H3,(H,19,22);1H. The van der Waals surface area contributed by atoms with Crippen molar-refractivity contribution in [2.45, 2.75) is 50.6 Å². The van der Waals surface area contributed by atoms with Crippen LogP contribution in [0.15, 0.2) is 34.9 Å². The van der Waals surface area contributed by atoms with Gasteiger partial charge >= 0.3 is 0 Å². The molecule has 24 heavy (non-hydrogen) atoms. The predicted octanol–water partition coefficient (Wildman–Crippen LogP) is 2.64. The van der Waals surface area contributed by atoms with E-state index in [1.807, 2.05) is 30.3 Å². The fourth-order valence-corrected chi connectivity index (χ4v) is 3.13. The quantitative estimate of drug-likeness (QED) is 0.864. The van der Waals surface area contributed by atoms with Crippen LogP contribution < -0.4 is 11.1 Å². The highest BCUT2D eigenvalue weighted by atomic mass is 35.5. The van der Waals surface area contributed by atoms with Gasteiger partial charge in [-0.3, -0.25) is 4.79 Å². The van der Waals surface area contributed by atoms with Gasteiger partial charge in [0.05, 0.1) is 18.0 Å². The fourth-order valence-electron chi connectivity index (χ4n) is 3.13. The summed E-state index contributed by atoms with van der Waals surface area (Å²) < 4.78 is 5.38. The van der Waals surface area contributed by atoms with Gasteiger partial charge in [0.25, 0.3) is 0 Å². The zero-order chi connectivity index (χ0) is 16.3. The minimum atomic E-state index is -0.460. The molecule has 1 heterocycles. The van der Waals surface area contributed by atoms with Gasteiger partial charge in [-0.25, -0.2) is 0 Å². The third-order valence-electron chi connectivity index (χ3n) is 4.37. The summed E-state index contributed by atoms with van der Waals surface area (Å²) in [6.45, 7) is 1.50. The monoisotopic (exact) mass is 350 g/mol. The molecule has 1 aromatic heterocycles. The van der Waals surface area contributed by atoms with Crippen molar-refractivity contribution < 1.29 is 9.32 Å². The molecule has 6 nitrogen and oxygen atoms in total. The van der Waals surface area contributed by atoms with Crippen molar-refractivity contribution >= 4 is 18.3 Å². The lowest BCUT2D eigenvalue weighted by molar-refractivity contribution is -0.119. The van der Waals surface area contributed by atoms with Crippen molar-refractivity contribution in [2.75, 3.05) is 0 Å². The number of hydrogen-bond donors (Lipinski definition) is 2. The van der Waals surface area contributed by atoms with E-state index in [2.05, 4.69) is 15.5 Å². The van der Waals surface area contributed by atoms with E-state index in [1.165, 1.54) is 6.92 Å². The Morgan fingerprint density at radius 2 is 2.00 bits per heavy atom. The van der Waals surface area contributed by atoms with E-state index >= 15 is 0 Å². The first-order chi connectivity index (χ1) is 11.1. The minimum absolute atomic E-state index is 0. The van der Waals surface area contributed by atoms with Crippen LogP contribution in [0.25, 0.3) is 0 Å². The third kappa shape index (κ3) is 4.13. The van der Waals surface area contributed by atoms with Crippen molar-refractivity contribution in [2.24, 2.45) is 5.73 Å². The maximum Gasteiger partial charge on any atom is 0.229 e. The molecule has 7 heteroatoms. The molecular formula is C17H23ClN4O2. The smallest absolute Gasteiger partial charge is 0.229 e. The maximum atomic E-state index is 11.5. The van der Waals surface area contributed by atoms with Gasteiger partial charge < -0.3 is 15.6 Å². The van der Waals surface area contributed by atoms with E-state index in [9.17, 15) is 4.79 Å². The molecule has 1 aromatic carbocycles. The largest absolute Gasteiger partial charge is 0.349 e. The lowest BCUT2D eigenvalue weighted by atomic mass is 9.98. The molecule has 1 aliphatic carbocycles. The minimum Gasteiger partial charge on any atom is -0.349 e. The molecule has 0 saturated heterocycles. The predicted molar refractivity (Wildman–Crippen MR) is 92.6 cm³/mol. The third-order valence-corrected chi connectivity index (χ3v) is 4.37. The Balaban J connectivity index is 0.00000208. The summed E-state index contributed by atoms with van der Waals surface area (Å²) in [5, 5.41) is 7.01. The van der Waals surface area contributed by atoms with Gasteiger partial charge in [-0.2, -0.15) is 4.98 Å². The van der Waals surface area contributed by atoms with E-state index in [4.69, 9.17) is 10.3 Å². The van der Waals surface area contributed by atoms with Gasteiger partial charge in [0.2, 0.25) is 11.8 Å². The number of benzene rings is 1. The van der Waals surface area contributed by atoms with E-state index < -0.39 is 5.54 Å². The van der Waals surface area contributed by atoms with E-state index in [-0.39, 0.29) is 24.4 Å². The van der Waals surface area contributed by atoms with E-state index in [0.717, 1.165) is 31.2 Å². The molecular weight excluding hydrogens is 328 g/mol. The van der Waals surface area contributed by atoms with Crippen molar-refractivity contribution in [1.29, 1.82) is 0 Å². The number of amides is 1. The van der Waals surface area contributed by atoms with Gasteiger partial charge in [-0.1, -0.05) is 48.3 Å². The van der Waals surface area contributed by atoms with Gasteiger partial charge in [-0.05, 0) is 18.4 Å². The van der Waals surface area contributed by atoms with Gasteiger partial charge in [-0.15, -0.1) is 12.4 Å². The lowest BCUT2D eigenvalue weighted by Crippen LogP contribution is -2.34. The van der Waals surface area contributed by atoms with Crippen molar-refractivity contribution in [3.05, 3.63) is 47.6 Å². The summed E-state index contributed by atoms with van der Waals surface area (Å²) in [5.74, 6) is 0.989. The normalized spacial score (nSPS) is 17.1. The fraction of sp³-hybridized carbons (Fsp3) is 0.471. The summed E-state index contributed by atoms with van der Waals surface area (Å²) >= 11 is 0. The molecule has 2 aromatic rings. The number of aromatic nitrogens is 2. The molecule has 1 saturated carbocycles. The summed E-state index contributed by atoms with van der Waals surface area (Å²) in [6, 6.07) is 9.57. The van der Waals surface area contributed by atoms with Crippen molar-refractivity contribution in [3.8, 4) is 0 Å². The second-order valence-electron chi connectivity index (χ2n) is 6.24. The Morgan fingerprint density at radius 1 is 1.33 bits per heavy atom. The molecule has 0 radical (unpaired) electrons. The molecule has 0 bridgehead atoms. The second-order valence-corrected chi connectivity index (χ2v) is 6.24. The van der Waals surface area contributed by atoms with Gasteiger partial charge in [0.15, 0.2) is 5.82 Å². The van der Waals surface area contributed by atoms with Gasteiger partial charge in [0, 0.05) is 6.92 Å². The molecule has 3 rings (SSSR count). The second kappa shape index (κ2) is 7.77. The molecule has 1 amide bonds. The molecule has 0 spiro atoms. The Morgan fingerprint density at radius 3 is 2.62 bits per heavy atom. The highest BCUT2D eigenvalue weighted by Crippen LogP contribution is 2.34. The van der Waals surface area contributed by atoms with E-state index in [1.54, 1.807) is 0 Å². The molecule has 1 aliphatic rings. The summed E-state index contributed by atoms with van der Waals surface area (Å²) in [7, 11) is 0. The average molecular weight is 351 g/mol. The van der Waals surface area contributed by atoms with Crippen LogP contribution >= 0.6 is 12.4 Å². The first-order valence-corrected chi connectivity index (χ1v) is 8.01. The molecule has 3 N–H and O–H groups in total. The van der Waals surface area contributed by atoms with Crippen LogP contribution in [0.5, 0.6) is 0 Å². The number of carbonyl (C=O) groups is 1. The number of nitrogens with two attached hydrogens (primary N) is 1. The zero-order valence-electron chi connectivity index (χ0n) is 13.7. The molecule has 1 unspecified atom stereocenters. The Bertz CT molecular complexity index is 668. The van der Waals surface area contributed by atoms with Crippen LogP contribution in [-0.4, -0.2) is 16.0 Å². The van der Waals surface area contributed by atoms with Crippen LogP contribution in [0.3, 0.4) is 0 Å². The van der Waals surface area contributed by atoms with Crippen LogP contribution in [0, 0.1) is 0 Å². The Kier molecular flexibility index (Phi) is 5.96. The SMILES string of the molecule is CC(=O)NC(Cc1nc(C2(N)CCCC2)no1)c1ccccc1.Cl.